The number of aromatic amines is 1. The molecule has 11 nitrogen and oxygen atoms in total. The molecule has 6 rings (SSSR count). The zero-order valence-corrected chi connectivity index (χ0v) is 18.8. The maximum Gasteiger partial charge on any atom is 0.263 e. The van der Waals surface area contributed by atoms with Crippen molar-refractivity contribution in [3.63, 3.8) is 0 Å². The van der Waals surface area contributed by atoms with Gasteiger partial charge in [0.15, 0.2) is 17.1 Å². The van der Waals surface area contributed by atoms with Crippen molar-refractivity contribution in [2.45, 2.75) is 13.8 Å². The van der Waals surface area contributed by atoms with E-state index in [1.54, 1.807) is 35.9 Å². The van der Waals surface area contributed by atoms with Crippen molar-refractivity contribution in [2.24, 2.45) is 0 Å². The summed E-state index contributed by atoms with van der Waals surface area (Å²) < 4.78 is 13.6. The summed E-state index contributed by atoms with van der Waals surface area (Å²) in [4.78, 5) is 33.2. The Balaban J connectivity index is 1.40. The molecule has 0 aliphatic carbocycles. The SMILES string of the molecule is Cc1cccc(-n2ncc3c(=O)[nH]c(-n4nc(C)cc4NC(=O)c4ccc5c(c4)OCO5)nc32)c1. The minimum Gasteiger partial charge on any atom is -0.454 e. The van der Waals surface area contributed by atoms with Gasteiger partial charge in [-0.05, 0) is 49.7 Å². The molecule has 0 radical (unpaired) electrons. The number of H-pyrrole nitrogens is 1. The van der Waals surface area contributed by atoms with Gasteiger partial charge in [0.1, 0.15) is 11.2 Å². The molecule has 0 fully saturated rings. The van der Waals surface area contributed by atoms with E-state index < -0.39 is 0 Å². The van der Waals surface area contributed by atoms with E-state index in [0.29, 0.717) is 39.6 Å². The number of hydrogen-bond acceptors (Lipinski definition) is 7. The van der Waals surface area contributed by atoms with Crippen LogP contribution < -0.4 is 20.3 Å². The normalized spacial score (nSPS) is 12.3. The van der Waals surface area contributed by atoms with Crippen molar-refractivity contribution < 1.29 is 14.3 Å². The molecule has 2 N–H and O–H groups in total. The summed E-state index contributed by atoms with van der Waals surface area (Å²) >= 11 is 0. The first-order chi connectivity index (χ1) is 17.0. The van der Waals surface area contributed by atoms with E-state index in [0.717, 1.165) is 11.3 Å². The van der Waals surface area contributed by atoms with Crippen molar-refractivity contribution in [3.8, 4) is 23.1 Å². The molecule has 174 valence electrons. The number of anilines is 1. The van der Waals surface area contributed by atoms with Gasteiger partial charge in [0.2, 0.25) is 12.7 Å². The van der Waals surface area contributed by atoms with Crippen LogP contribution in [0.1, 0.15) is 21.6 Å². The van der Waals surface area contributed by atoms with Crippen LogP contribution in [0.2, 0.25) is 0 Å². The minimum absolute atomic E-state index is 0.118. The highest BCUT2D eigenvalue weighted by Crippen LogP contribution is 2.32. The summed E-state index contributed by atoms with van der Waals surface area (Å²) in [6, 6.07) is 14.3. The third-order valence-electron chi connectivity index (χ3n) is 5.58. The van der Waals surface area contributed by atoms with Crippen LogP contribution in [0.3, 0.4) is 0 Å². The van der Waals surface area contributed by atoms with Crippen LogP contribution in [0.15, 0.2) is 59.5 Å². The fourth-order valence-corrected chi connectivity index (χ4v) is 3.93. The van der Waals surface area contributed by atoms with Crippen LogP contribution in [-0.2, 0) is 0 Å². The predicted molar refractivity (Wildman–Crippen MR) is 127 cm³/mol. The number of carbonyl (C=O) groups excluding carboxylic acids is 1. The van der Waals surface area contributed by atoms with Crippen LogP contribution in [0.4, 0.5) is 5.82 Å². The highest BCUT2D eigenvalue weighted by atomic mass is 16.7. The molecule has 5 aromatic rings. The van der Waals surface area contributed by atoms with Crippen molar-refractivity contribution in [3.05, 3.63) is 81.9 Å². The lowest BCUT2D eigenvalue weighted by Crippen LogP contribution is -2.19. The van der Waals surface area contributed by atoms with Gasteiger partial charge < -0.3 is 14.8 Å². The lowest BCUT2D eigenvalue weighted by Gasteiger charge is -2.09. The summed E-state index contributed by atoms with van der Waals surface area (Å²) in [6.45, 7) is 3.87. The number of ether oxygens (including phenoxy) is 2. The Bertz CT molecular complexity index is 1680. The molecule has 4 heterocycles. The maximum absolute atomic E-state index is 13.0. The average Bonchev–Trinajstić information content (AvgIpc) is 3.56. The molecule has 11 heteroatoms. The molecule has 1 amide bonds. The van der Waals surface area contributed by atoms with Crippen LogP contribution in [0, 0.1) is 13.8 Å². The van der Waals surface area contributed by atoms with Crippen LogP contribution in [0.5, 0.6) is 11.5 Å². The summed E-state index contributed by atoms with van der Waals surface area (Å²) in [5.74, 6) is 1.20. The Labute approximate surface area is 197 Å². The first kappa shape index (κ1) is 20.7. The molecule has 0 bridgehead atoms. The first-order valence-corrected chi connectivity index (χ1v) is 10.8. The van der Waals surface area contributed by atoms with Crippen LogP contribution in [0.25, 0.3) is 22.7 Å². The molecule has 1 aliphatic heterocycles. The zero-order valence-electron chi connectivity index (χ0n) is 18.8. The lowest BCUT2D eigenvalue weighted by molar-refractivity contribution is 0.102. The van der Waals surface area contributed by atoms with E-state index in [4.69, 9.17) is 9.47 Å². The molecule has 0 unspecified atom stereocenters. The van der Waals surface area contributed by atoms with Gasteiger partial charge in [0.25, 0.3) is 11.5 Å². The Hall–Kier alpha value is -4.93. The molecule has 0 atom stereocenters. The largest absolute Gasteiger partial charge is 0.454 e. The smallest absolute Gasteiger partial charge is 0.263 e. The maximum atomic E-state index is 13.0. The lowest BCUT2D eigenvalue weighted by atomic mass is 10.2. The van der Waals surface area contributed by atoms with E-state index >= 15 is 0 Å². The van der Waals surface area contributed by atoms with E-state index in [-0.39, 0.29) is 24.2 Å². The van der Waals surface area contributed by atoms with E-state index in [2.05, 4.69) is 25.5 Å². The summed E-state index contributed by atoms with van der Waals surface area (Å²) in [6.07, 6.45) is 1.48. The van der Waals surface area contributed by atoms with Gasteiger partial charge in [-0.25, -0.2) is 4.68 Å². The van der Waals surface area contributed by atoms with Gasteiger partial charge in [-0.3, -0.25) is 14.6 Å². The van der Waals surface area contributed by atoms with Gasteiger partial charge in [-0.1, -0.05) is 12.1 Å². The van der Waals surface area contributed by atoms with Crippen LogP contribution in [-0.4, -0.2) is 42.2 Å². The Morgan fingerprint density at radius 2 is 1.91 bits per heavy atom. The van der Waals surface area contributed by atoms with E-state index in [1.165, 1.54) is 10.9 Å². The van der Waals surface area contributed by atoms with E-state index in [1.807, 2.05) is 31.2 Å². The topological polar surface area (TPSA) is 129 Å². The van der Waals surface area contributed by atoms with Crippen molar-refractivity contribution >= 4 is 22.8 Å². The monoisotopic (exact) mass is 469 g/mol. The number of fused-ring (bicyclic) bond motifs is 2. The quantitative estimate of drug-likeness (QED) is 0.414. The highest BCUT2D eigenvalue weighted by molar-refractivity contribution is 6.04. The number of benzene rings is 2. The molecular weight excluding hydrogens is 450 g/mol. The van der Waals surface area contributed by atoms with Crippen molar-refractivity contribution in [1.29, 1.82) is 0 Å². The number of carbonyl (C=O) groups is 1. The second-order valence-electron chi connectivity index (χ2n) is 8.13. The zero-order chi connectivity index (χ0) is 24.1. The summed E-state index contributed by atoms with van der Waals surface area (Å²) in [5.41, 5.74) is 2.83. The van der Waals surface area contributed by atoms with Gasteiger partial charge in [0.05, 0.1) is 17.6 Å². The fraction of sp³-hybridized carbons (Fsp3) is 0.125. The van der Waals surface area contributed by atoms with Gasteiger partial charge in [0, 0.05) is 11.6 Å². The summed E-state index contributed by atoms with van der Waals surface area (Å²) in [5, 5.41) is 12.0. The molecule has 0 saturated heterocycles. The first-order valence-electron chi connectivity index (χ1n) is 10.8. The number of nitrogens with zero attached hydrogens (tertiary/aromatic N) is 5. The third kappa shape index (κ3) is 3.59. The Kier molecular flexibility index (Phi) is 4.62. The molecule has 3 aromatic heterocycles. The molecule has 0 saturated carbocycles. The van der Waals surface area contributed by atoms with Crippen LogP contribution >= 0.6 is 0 Å². The molecule has 1 aliphatic rings. The van der Waals surface area contributed by atoms with Gasteiger partial charge >= 0.3 is 0 Å². The number of aromatic nitrogens is 6. The van der Waals surface area contributed by atoms with E-state index in [9.17, 15) is 9.59 Å². The van der Waals surface area contributed by atoms with Crippen molar-refractivity contribution in [2.75, 3.05) is 12.1 Å². The number of aryl methyl sites for hydroxylation is 2. The highest BCUT2D eigenvalue weighted by Gasteiger charge is 2.20. The molecule has 2 aromatic carbocycles. The standard InChI is InChI=1S/C24H19N7O4/c1-13-4-3-5-16(8-13)30-21-17(11-25-30)23(33)28-24(27-21)31-20(9-14(2)29-31)26-22(32)15-6-7-18-19(10-15)35-12-34-18/h3-11H,12H2,1-2H3,(H,26,32)(H,27,28,33). The molecular formula is C24H19N7O4. The predicted octanol–water partition coefficient (Wildman–Crippen LogP) is 2.89. The van der Waals surface area contributed by atoms with Gasteiger partial charge in [-0.15, -0.1) is 0 Å². The van der Waals surface area contributed by atoms with Gasteiger partial charge in [-0.2, -0.15) is 19.9 Å². The number of hydrogen-bond donors (Lipinski definition) is 2. The number of nitrogens with one attached hydrogen (secondary N) is 2. The second kappa shape index (κ2) is 7.83. The second-order valence-corrected chi connectivity index (χ2v) is 8.13. The molecule has 0 spiro atoms. The number of amides is 1. The molecule has 35 heavy (non-hydrogen) atoms. The number of rotatable bonds is 4. The summed E-state index contributed by atoms with van der Waals surface area (Å²) in [7, 11) is 0. The minimum atomic E-state index is -0.377. The Morgan fingerprint density at radius 1 is 1.06 bits per heavy atom. The fourth-order valence-electron chi connectivity index (χ4n) is 3.93. The van der Waals surface area contributed by atoms with Crippen molar-refractivity contribution in [1.82, 2.24) is 29.5 Å². The Morgan fingerprint density at radius 3 is 2.77 bits per heavy atom. The third-order valence-corrected chi connectivity index (χ3v) is 5.58. The average molecular weight is 469 g/mol.